The maximum Gasteiger partial charge on any atom is 0.340 e. The van der Waals surface area contributed by atoms with Crippen LogP contribution in [0.25, 0.3) is 0 Å². The van der Waals surface area contributed by atoms with Crippen LogP contribution in [0.4, 0.5) is 11.4 Å². The van der Waals surface area contributed by atoms with Gasteiger partial charge in [0.15, 0.2) is 0 Å². The van der Waals surface area contributed by atoms with Gasteiger partial charge in [-0.05, 0) is 32.0 Å². The lowest BCUT2D eigenvalue weighted by Gasteiger charge is -2.24. The monoisotopic (exact) mass is 252 g/mol. The van der Waals surface area contributed by atoms with Gasteiger partial charge in [0.1, 0.15) is 0 Å². The topological polar surface area (TPSA) is 73.6 Å². The Bertz CT molecular complexity index is 430. The van der Waals surface area contributed by atoms with Crippen molar-refractivity contribution in [2.24, 2.45) is 0 Å². The van der Waals surface area contributed by atoms with E-state index in [1.165, 1.54) is 7.11 Å². The van der Waals surface area contributed by atoms with E-state index in [1.54, 1.807) is 19.2 Å². The Labute approximate surface area is 107 Å². The summed E-state index contributed by atoms with van der Waals surface area (Å²) in [4.78, 5) is 11.5. The second-order valence-electron chi connectivity index (χ2n) is 4.61. The zero-order valence-corrected chi connectivity index (χ0v) is 11.2. The van der Waals surface area contributed by atoms with Crippen molar-refractivity contribution in [2.75, 3.05) is 31.8 Å². The molecular formula is C13H20N2O3. The molecule has 5 nitrogen and oxygen atoms in total. The van der Waals surface area contributed by atoms with E-state index in [-0.39, 0.29) is 5.60 Å². The smallest absolute Gasteiger partial charge is 0.340 e. The van der Waals surface area contributed by atoms with Crippen molar-refractivity contribution in [1.29, 1.82) is 0 Å². The van der Waals surface area contributed by atoms with Crippen LogP contribution in [0.1, 0.15) is 24.2 Å². The fraction of sp³-hybridized carbons (Fsp3) is 0.462. The molecule has 0 atom stereocenters. The van der Waals surface area contributed by atoms with E-state index in [1.807, 2.05) is 19.9 Å². The number of nitrogens with two attached hydrogens (primary N) is 1. The Morgan fingerprint density at radius 1 is 1.39 bits per heavy atom. The highest BCUT2D eigenvalue weighted by atomic mass is 16.5. The minimum atomic E-state index is -0.442. The van der Waals surface area contributed by atoms with Crippen LogP contribution in [-0.4, -0.2) is 32.3 Å². The van der Waals surface area contributed by atoms with E-state index in [0.29, 0.717) is 17.8 Å². The van der Waals surface area contributed by atoms with Gasteiger partial charge in [-0.15, -0.1) is 0 Å². The second kappa shape index (κ2) is 5.73. The highest BCUT2D eigenvalue weighted by molar-refractivity contribution is 5.96. The number of anilines is 2. The quantitative estimate of drug-likeness (QED) is 0.618. The number of methoxy groups -OCH3 is 2. The van der Waals surface area contributed by atoms with Gasteiger partial charge in [-0.25, -0.2) is 4.79 Å². The highest BCUT2D eigenvalue weighted by Crippen LogP contribution is 2.19. The van der Waals surface area contributed by atoms with Crippen molar-refractivity contribution < 1.29 is 14.3 Å². The first-order valence-electron chi connectivity index (χ1n) is 5.66. The van der Waals surface area contributed by atoms with Crippen LogP contribution in [0, 0.1) is 0 Å². The number of benzene rings is 1. The van der Waals surface area contributed by atoms with Crippen molar-refractivity contribution in [3.05, 3.63) is 23.8 Å². The Hall–Kier alpha value is -1.75. The van der Waals surface area contributed by atoms with Crippen molar-refractivity contribution in [3.8, 4) is 0 Å². The molecule has 0 spiro atoms. The normalized spacial score (nSPS) is 11.1. The molecule has 1 rings (SSSR count). The molecule has 0 heterocycles. The zero-order valence-electron chi connectivity index (χ0n) is 11.2. The van der Waals surface area contributed by atoms with Crippen molar-refractivity contribution in [1.82, 2.24) is 0 Å². The summed E-state index contributed by atoms with van der Waals surface area (Å²) in [7, 11) is 2.99. The van der Waals surface area contributed by atoms with Crippen LogP contribution >= 0.6 is 0 Å². The predicted molar refractivity (Wildman–Crippen MR) is 71.8 cm³/mol. The summed E-state index contributed by atoms with van der Waals surface area (Å²) >= 11 is 0. The molecule has 1 aromatic rings. The Kier molecular flexibility index (Phi) is 4.55. The van der Waals surface area contributed by atoms with Crippen LogP contribution in [0.5, 0.6) is 0 Å². The van der Waals surface area contributed by atoms with E-state index < -0.39 is 5.97 Å². The minimum Gasteiger partial charge on any atom is -0.465 e. The molecule has 0 saturated carbocycles. The molecule has 0 aliphatic carbocycles. The Morgan fingerprint density at radius 3 is 2.61 bits per heavy atom. The lowest BCUT2D eigenvalue weighted by atomic mass is 10.1. The number of nitrogen functional groups attached to an aromatic ring is 1. The molecule has 1 aromatic carbocycles. The van der Waals surface area contributed by atoms with Gasteiger partial charge in [0, 0.05) is 25.0 Å². The molecule has 0 unspecified atom stereocenters. The van der Waals surface area contributed by atoms with Crippen LogP contribution < -0.4 is 11.1 Å². The fourth-order valence-corrected chi connectivity index (χ4v) is 1.34. The molecule has 5 heteroatoms. The summed E-state index contributed by atoms with van der Waals surface area (Å²) in [5.41, 5.74) is 7.00. The van der Waals surface area contributed by atoms with Crippen LogP contribution in [0.3, 0.4) is 0 Å². The van der Waals surface area contributed by atoms with E-state index >= 15 is 0 Å². The average Bonchev–Trinajstić information content (AvgIpc) is 2.37. The van der Waals surface area contributed by atoms with E-state index in [9.17, 15) is 4.79 Å². The first-order chi connectivity index (χ1) is 8.39. The largest absolute Gasteiger partial charge is 0.465 e. The Morgan fingerprint density at radius 2 is 2.06 bits per heavy atom. The van der Waals surface area contributed by atoms with Gasteiger partial charge in [0.05, 0.1) is 18.3 Å². The minimum absolute atomic E-state index is 0.285. The molecule has 0 aliphatic heterocycles. The molecule has 18 heavy (non-hydrogen) atoms. The van der Waals surface area contributed by atoms with Gasteiger partial charge in [0.25, 0.3) is 0 Å². The SMILES string of the molecule is COC(=O)c1cc(NCC(C)(C)OC)ccc1N. The molecule has 0 aliphatic rings. The third kappa shape index (κ3) is 3.63. The van der Waals surface area contributed by atoms with E-state index in [2.05, 4.69) is 10.1 Å². The molecule has 100 valence electrons. The van der Waals surface area contributed by atoms with Crippen LogP contribution in [0.2, 0.25) is 0 Å². The standard InChI is InChI=1S/C13H20N2O3/c1-13(2,18-4)8-15-9-5-6-11(14)10(7-9)12(16)17-3/h5-7,15H,8,14H2,1-4H3. The van der Waals surface area contributed by atoms with E-state index in [0.717, 1.165) is 5.69 Å². The molecule has 0 bridgehead atoms. The number of ether oxygens (including phenoxy) is 2. The maximum absolute atomic E-state index is 11.5. The third-order valence-corrected chi connectivity index (χ3v) is 2.73. The fourth-order valence-electron chi connectivity index (χ4n) is 1.34. The zero-order chi connectivity index (χ0) is 13.8. The highest BCUT2D eigenvalue weighted by Gasteiger charge is 2.16. The number of rotatable bonds is 5. The van der Waals surface area contributed by atoms with Gasteiger partial charge < -0.3 is 20.5 Å². The number of nitrogens with one attached hydrogen (secondary N) is 1. The number of hydrogen-bond donors (Lipinski definition) is 2. The summed E-state index contributed by atoms with van der Waals surface area (Å²) < 4.78 is 9.97. The number of hydrogen-bond acceptors (Lipinski definition) is 5. The molecule has 3 N–H and O–H groups in total. The first-order valence-corrected chi connectivity index (χ1v) is 5.66. The van der Waals surface area contributed by atoms with Crippen LogP contribution in [0.15, 0.2) is 18.2 Å². The van der Waals surface area contributed by atoms with Crippen molar-refractivity contribution in [2.45, 2.75) is 19.4 Å². The predicted octanol–water partition coefficient (Wildman–Crippen LogP) is 1.89. The average molecular weight is 252 g/mol. The van der Waals surface area contributed by atoms with Crippen molar-refractivity contribution >= 4 is 17.3 Å². The third-order valence-electron chi connectivity index (χ3n) is 2.73. The van der Waals surface area contributed by atoms with Gasteiger partial charge in [-0.3, -0.25) is 0 Å². The molecule has 0 aromatic heterocycles. The first kappa shape index (κ1) is 14.3. The lowest BCUT2D eigenvalue weighted by molar-refractivity contribution is 0.0344. The molecule has 0 radical (unpaired) electrons. The number of esters is 1. The maximum atomic E-state index is 11.5. The lowest BCUT2D eigenvalue weighted by Crippen LogP contribution is -2.32. The summed E-state index contributed by atoms with van der Waals surface area (Å²) in [6.07, 6.45) is 0. The summed E-state index contributed by atoms with van der Waals surface area (Å²) in [5.74, 6) is -0.442. The molecule has 0 saturated heterocycles. The second-order valence-corrected chi connectivity index (χ2v) is 4.61. The number of carbonyl (C=O) groups excluding carboxylic acids is 1. The molecule has 0 amide bonds. The number of carbonyl (C=O) groups is 1. The summed E-state index contributed by atoms with van der Waals surface area (Å²) in [6.45, 7) is 4.56. The van der Waals surface area contributed by atoms with Crippen molar-refractivity contribution in [3.63, 3.8) is 0 Å². The Balaban J connectivity index is 2.83. The van der Waals surface area contributed by atoms with Gasteiger partial charge in [-0.1, -0.05) is 0 Å². The summed E-state index contributed by atoms with van der Waals surface area (Å²) in [5, 5.41) is 3.19. The summed E-state index contributed by atoms with van der Waals surface area (Å²) in [6, 6.07) is 5.16. The molecular weight excluding hydrogens is 232 g/mol. The van der Waals surface area contributed by atoms with Crippen LogP contribution in [-0.2, 0) is 9.47 Å². The van der Waals surface area contributed by atoms with Gasteiger partial charge >= 0.3 is 5.97 Å². The van der Waals surface area contributed by atoms with Gasteiger partial charge in [-0.2, -0.15) is 0 Å². The van der Waals surface area contributed by atoms with E-state index in [4.69, 9.17) is 10.5 Å². The van der Waals surface area contributed by atoms with Gasteiger partial charge in [0.2, 0.25) is 0 Å². The molecule has 0 fully saturated rings.